The standard InChI is InChI=1S/C9H4ClF5O3/c10-2-9(14,15)18-7-5(12)3(8(16)17)1-4(11)6(7)13/h1H,2H2,(H,16,17). The Kier molecular flexibility index (Phi) is 4.00. The Balaban J connectivity index is 3.38. The minimum atomic E-state index is -4.17. The topological polar surface area (TPSA) is 46.5 Å². The maximum Gasteiger partial charge on any atom is 0.411 e. The number of carboxylic acid groups (broad SMARTS) is 1. The summed E-state index contributed by atoms with van der Waals surface area (Å²) in [5.41, 5.74) is -1.34. The zero-order valence-corrected chi connectivity index (χ0v) is 9.07. The third-order valence-electron chi connectivity index (χ3n) is 1.75. The van der Waals surface area contributed by atoms with Crippen LogP contribution in [0.4, 0.5) is 22.0 Å². The molecular formula is C9H4ClF5O3. The number of benzene rings is 1. The molecule has 0 amide bonds. The van der Waals surface area contributed by atoms with Gasteiger partial charge in [0.25, 0.3) is 0 Å². The lowest BCUT2D eigenvalue weighted by molar-refractivity contribution is -0.159. The quantitative estimate of drug-likeness (QED) is 0.527. The van der Waals surface area contributed by atoms with Crippen LogP contribution < -0.4 is 4.74 Å². The number of hydrogen-bond acceptors (Lipinski definition) is 2. The molecule has 0 radical (unpaired) electrons. The normalized spacial score (nSPS) is 11.4. The molecular weight excluding hydrogens is 287 g/mol. The molecule has 0 spiro atoms. The zero-order valence-electron chi connectivity index (χ0n) is 8.32. The summed E-state index contributed by atoms with van der Waals surface area (Å²) < 4.78 is 68.3. The predicted molar refractivity (Wildman–Crippen MR) is 49.6 cm³/mol. The summed E-state index contributed by atoms with van der Waals surface area (Å²) in [5.74, 6) is -11.1. The molecule has 0 fully saturated rings. The monoisotopic (exact) mass is 290 g/mol. The second-order valence-corrected chi connectivity index (χ2v) is 3.31. The highest BCUT2D eigenvalue weighted by Gasteiger charge is 2.35. The third kappa shape index (κ3) is 2.81. The van der Waals surface area contributed by atoms with Gasteiger partial charge in [-0.05, 0) is 6.07 Å². The largest absolute Gasteiger partial charge is 0.478 e. The molecule has 0 atom stereocenters. The first kappa shape index (κ1) is 14.5. The van der Waals surface area contributed by atoms with Gasteiger partial charge in [-0.15, -0.1) is 11.6 Å². The molecule has 1 N–H and O–H groups in total. The summed E-state index contributed by atoms with van der Waals surface area (Å²) in [5, 5.41) is 8.46. The van der Waals surface area contributed by atoms with E-state index >= 15 is 0 Å². The molecule has 3 nitrogen and oxygen atoms in total. The number of ether oxygens (including phenoxy) is 1. The maximum absolute atomic E-state index is 13.3. The first-order chi connectivity index (χ1) is 8.19. The third-order valence-corrected chi connectivity index (χ3v) is 2.06. The highest BCUT2D eigenvalue weighted by molar-refractivity contribution is 6.18. The van der Waals surface area contributed by atoms with Crippen molar-refractivity contribution in [1.82, 2.24) is 0 Å². The van der Waals surface area contributed by atoms with Gasteiger partial charge in [-0.2, -0.15) is 13.2 Å². The van der Waals surface area contributed by atoms with Crippen LogP contribution >= 0.6 is 11.6 Å². The van der Waals surface area contributed by atoms with Crippen molar-refractivity contribution in [2.75, 3.05) is 5.88 Å². The predicted octanol–water partition coefficient (Wildman–Crippen LogP) is 3.01. The zero-order chi connectivity index (χ0) is 14.1. The SMILES string of the molecule is O=C(O)c1cc(F)c(F)c(OC(F)(F)CCl)c1F. The first-order valence-electron chi connectivity index (χ1n) is 4.23. The lowest BCUT2D eigenvalue weighted by Gasteiger charge is -2.16. The van der Waals surface area contributed by atoms with Crippen LogP contribution in [0.2, 0.25) is 0 Å². The number of alkyl halides is 3. The van der Waals surface area contributed by atoms with Crippen molar-refractivity contribution in [2.45, 2.75) is 6.11 Å². The van der Waals surface area contributed by atoms with Crippen LogP contribution in [0.1, 0.15) is 10.4 Å². The van der Waals surface area contributed by atoms with Crippen molar-refractivity contribution in [1.29, 1.82) is 0 Å². The number of carboxylic acids is 1. The molecule has 0 aliphatic rings. The summed E-state index contributed by atoms with van der Waals surface area (Å²) in [6.07, 6.45) is -4.17. The van der Waals surface area contributed by atoms with E-state index in [0.717, 1.165) is 0 Å². The van der Waals surface area contributed by atoms with Crippen LogP contribution in [0, 0.1) is 17.5 Å². The number of hydrogen-bond donors (Lipinski definition) is 1. The van der Waals surface area contributed by atoms with Gasteiger partial charge in [-0.1, -0.05) is 0 Å². The van der Waals surface area contributed by atoms with Crippen molar-refractivity contribution in [2.24, 2.45) is 0 Å². The van der Waals surface area contributed by atoms with E-state index in [1.54, 1.807) is 0 Å². The molecule has 9 heteroatoms. The average Bonchev–Trinajstić information content (AvgIpc) is 2.29. The van der Waals surface area contributed by atoms with Crippen molar-refractivity contribution in [3.8, 4) is 5.75 Å². The summed E-state index contributed by atoms with van der Waals surface area (Å²) in [4.78, 5) is 10.5. The lowest BCUT2D eigenvalue weighted by atomic mass is 10.2. The van der Waals surface area contributed by atoms with E-state index in [0.29, 0.717) is 0 Å². The molecule has 0 aliphatic carbocycles. The molecule has 0 aromatic heterocycles. The van der Waals surface area contributed by atoms with Gasteiger partial charge in [0.2, 0.25) is 11.6 Å². The van der Waals surface area contributed by atoms with Crippen LogP contribution in [-0.2, 0) is 0 Å². The molecule has 0 saturated carbocycles. The van der Waals surface area contributed by atoms with Gasteiger partial charge in [0.1, 0.15) is 11.4 Å². The van der Waals surface area contributed by atoms with Gasteiger partial charge < -0.3 is 9.84 Å². The molecule has 0 saturated heterocycles. The van der Waals surface area contributed by atoms with Gasteiger partial charge in [0.05, 0.1) is 0 Å². The minimum absolute atomic E-state index is 0.0126. The fourth-order valence-electron chi connectivity index (χ4n) is 1.00. The molecule has 1 rings (SSSR count). The summed E-state index contributed by atoms with van der Waals surface area (Å²) in [6.45, 7) is 0. The summed E-state index contributed by atoms with van der Waals surface area (Å²) in [7, 11) is 0. The van der Waals surface area contributed by atoms with Gasteiger partial charge in [0.15, 0.2) is 11.6 Å². The second-order valence-electron chi connectivity index (χ2n) is 3.04. The average molecular weight is 291 g/mol. The van der Waals surface area contributed by atoms with E-state index < -0.39 is 46.7 Å². The molecule has 0 heterocycles. The van der Waals surface area contributed by atoms with Crippen molar-refractivity contribution >= 4 is 17.6 Å². The van der Waals surface area contributed by atoms with Crippen LogP contribution in [0.25, 0.3) is 0 Å². The highest BCUT2D eigenvalue weighted by Crippen LogP contribution is 2.31. The van der Waals surface area contributed by atoms with Crippen molar-refractivity contribution in [3.05, 3.63) is 29.1 Å². The molecule has 0 unspecified atom stereocenters. The number of carbonyl (C=O) groups is 1. The van der Waals surface area contributed by atoms with Gasteiger partial charge >= 0.3 is 12.1 Å². The Hall–Kier alpha value is -1.57. The fraction of sp³-hybridized carbons (Fsp3) is 0.222. The van der Waals surface area contributed by atoms with Crippen LogP contribution in [-0.4, -0.2) is 23.1 Å². The molecule has 0 aliphatic heterocycles. The minimum Gasteiger partial charge on any atom is -0.478 e. The van der Waals surface area contributed by atoms with Crippen molar-refractivity contribution in [3.63, 3.8) is 0 Å². The van der Waals surface area contributed by atoms with E-state index in [4.69, 9.17) is 16.7 Å². The second kappa shape index (κ2) is 4.97. The van der Waals surface area contributed by atoms with E-state index in [1.165, 1.54) is 0 Å². The Morgan fingerprint density at radius 1 is 1.33 bits per heavy atom. The van der Waals surface area contributed by atoms with Gasteiger partial charge in [-0.25, -0.2) is 13.6 Å². The fourth-order valence-corrected chi connectivity index (χ4v) is 1.06. The van der Waals surface area contributed by atoms with E-state index in [9.17, 15) is 26.7 Å². The van der Waals surface area contributed by atoms with Crippen molar-refractivity contribution < 1.29 is 36.6 Å². The number of rotatable bonds is 4. The molecule has 18 heavy (non-hydrogen) atoms. The van der Waals surface area contributed by atoms with Gasteiger partial charge in [0, 0.05) is 0 Å². The van der Waals surface area contributed by atoms with E-state index in [2.05, 4.69) is 4.74 Å². The molecule has 1 aromatic carbocycles. The van der Waals surface area contributed by atoms with Crippen LogP contribution in [0.3, 0.4) is 0 Å². The van der Waals surface area contributed by atoms with Gasteiger partial charge in [-0.3, -0.25) is 0 Å². The lowest BCUT2D eigenvalue weighted by Crippen LogP contribution is -2.28. The Bertz CT molecular complexity index is 492. The Morgan fingerprint density at radius 2 is 1.89 bits per heavy atom. The Labute approximate surface area is 102 Å². The molecule has 0 bridgehead atoms. The first-order valence-corrected chi connectivity index (χ1v) is 4.76. The maximum atomic E-state index is 13.3. The number of halogens is 6. The molecule has 100 valence electrons. The highest BCUT2D eigenvalue weighted by atomic mass is 35.5. The van der Waals surface area contributed by atoms with E-state index in [-0.39, 0.29) is 6.07 Å². The summed E-state index contributed by atoms with van der Waals surface area (Å²) in [6, 6.07) is 0.0126. The number of aromatic carboxylic acids is 1. The summed E-state index contributed by atoms with van der Waals surface area (Å²) >= 11 is 4.76. The van der Waals surface area contributed by atoms with Crippen LogP contribution in [0.5, 0.6) is 5.75 Å². The molecule has 1 aromatic rings. The van der Waals surface area contributed by atoms with Crippen LogP contribution in [0.15, 0.2) is 6.07 Å². The Morgan fingerprint density at radius 3 is 2.33 bits per heavy atom. The van der Waals surface area contributed by atoms with E-state index in [1.807, 2.05) is 0 Å². The smallest absolute Gasteiger partial charge is 0.411 e.